The number of nitrogens with zero attached hydrogens (tertiary/aromatic N) is 2. The highest BCUT2D eigenvalue weighted by Crippen LogP contribution is 2.27. The van der Waals surface area contributed by atoms with Gasteiger partial charge in [0.05, 0.1) is 5.02 Å². The SMILES string of the molecule is C[C@@H](N)c1ccc(OCC(=O)N2CCN(C)CC2)c(Cl)c1. The number of rotatable bonds is 4. The van der Waals surface area contributed by atoms with E-state index in [0.717, 1.165) is 31.7 Å². The molecule has 6 heteroatoms. The average Bonchev–Trinajstić information content (AvgIpc) is 2.46. The van der Waals surface area contributed by atoms with Crippen LogP contribution in [-0.4, -0.2) is 55.5 Å². The Bertz CT molecular complexity index is 500. The molecular weight excluding hydrogens is 290 g/mol. The van der Waals surface area contributed by atoms with Crippen molar-refractivity contribution in [2.24, 2.45) is 5.73 Å². The molecule has 1 aromatic carbocycles. The molecule has 1 heterocycles. The van der Waals surface area contributed by atoms with Crippen LogP contribution in [0.3, 0.4) is 0 Å². The molecule has 1 atom stereocenters. The summed E-state index contributed by atoms with van der Waals surface area (Å²) in [6, 6.07) is 5.33. The molecule has 1 aromatic rings. The van der Waals surface area contributed by atoms with Gasteiger partial charge in [0.2, 0.25) is 0 Å². The quantitative estimate of drug-likeness (QED) is 0.916. The highest BCUT2D eigenvalue weighted by molar-refractivity contribution is 6.32. The molecule has 0 aliphatic carbocycles. The molecule has 21 heavy (non-hydrogen) atoms. The van der Waals surface area contributed by atoms with Gasteiger partial charge < -0.3 is 20.3 Å². The topological polar surface area (TPSA) is 58.8 Å². The van der Waals surface area contributed by atoms with Crippen molar-refractivity contribution in [1.29, 1.82) is 0 Å². The fraction of sp³-hybridized carbons (Fsp3) is 0.533. The van der Waals surface area contributed by atoms with Crippen LogP contribution in [0.15, 0.2) is 18.2 Å². The maximum absolute atomic E-state index is 12.1. The minimum atomic E-state index is -0.0801. The van der Waals surface area contributed by atoms with Crippen LogP contribution in [0, 0.1) is 0 Å². The normalized spacial score (nSPS) is 17.6. The number of benzene rings is 1. The van der Waals surface area contributed by atoms with Crippen molar-refractivity contribution in [2.75, 3.05) is 39.8 Å². The summed E-state index contributed by atoms with van der Waals surface area (Å²) in [7, 11) is 2.05. The maximum Gasteiger partial charge on any atom is 0.260 e. The molecule has 0 saturated carbocycles. The highest BCUT2D eigenvalue weighted by Gasteiger charge is 2.19. The fourth-order valence-electron chi connectivity index (χ4n) is 2.20. The second kappa shape index (κ2) is 7.11. The van der Waals surface area contributed by atoms with Gasteiger partial charge in [0, 0.05) is 32.2 Å². The van der Waals surface area contributed by atoms with Crippen LogP contribution in [-0.2, 0) is 4.79 Å². The number of likely N-dealkylation sites (N-methyl/N-ethyl adjacent to an activating group) is 1. The van der Waals surface area contributed by atoms with Crippen molar-refractivity contribution >= 4 is 17.5 Å². The van der Waals surface area contributed by atoms with E-state index in [1.165, 1.54) is 0 Å². The Morgan fingerprint density at radius 3 is 2.62 bits per heavy atom. The number of nitrogens with two attached hydrogens (primary N) is 1. The predicted octanol–water partition coefficient (Wildman–Crippen LogP) is 1.51. The number of amides is 1. The van der Waals surface area contributed by atoms with Gasteiger partial charge in [-0.25, -0.2) is 0 Å². The third kappa shape index (κ3) is 4.33. The first-order valence-corrected chi connectivity index (χ1v) is 7.49. The van der Waals surface area contributed by atoms with E-state index < -0.39 is 0 Å². The molecule has 0 radical (unpaired) electrons. The zero-order chi connectivity index (χ0) is 15.4. The van der Waals surface area contributed by atoms with E-state index in [9.17, 15) is 4.79 Å². The first kappa shape index (κ1) is 16.1. The third-order valence-corrected chi connectivity index (χ3v) is 3.98. The Kier molecular flexibility index (Phi) is 5.45. The van der Waals surface area contributed by atoms with Gasteiger partial charge in [-0.3, -0.25) is 4.79 Å². The standard InChI is InChI=1S/C15H22ClN3O2/c1-11(17)12-3-4-14(13(16)9-12)21-10-15(20)19-7-5-18(2)6-8-19/h3-4,9,11H,5-8,10,17H2,1-2H3/t11-/m1/s1. The maximum atomic E-state index is 12.1. The number of halogens is 1. The van der Waals surface area contributed by atoms with Gasteiger partial charge in [-0.2, -0.15) is 0 Å². The van der Waals surface area contributed by atoms with E-state index in [-0.39, 0.29) is 18.6 Å². The molecule has 1 aliphatic rings. The third-order valence-electron chi connectivity index (χ3n) is 3.69. The molecule has 1 fully saturated rings. The smallest absolute Gasteiger partial charge is 0.260 e. The Hall–Kier alpha value is -1.30. The van der Waals surface area contributed by atoms with Gasteiger partial charge in [-0.1, -0.05) is 17.7 Å². The van der Waals surface area contributed by atoms with Crippen LogP contribution in [0.1, 0.15) is 18.5 Å². The van der Waals surface area contributed by atoms with Gasteiger partial charge >= 0.3 is 0 Å². The second-order valence-corrected chi connectivity index (χ2v) is 5.86. The number of hydrogen-bond donors (Lipinski definition) is 1. The van der Waals surface area contributed by atoms with Crippen molar-refractivity contribution in [3.8, 4) is 5.75 Å². The van der Waals surface area contributed by atoms with E-state index in [4.69, 9.17) is 22.1 Å². The minimum Gasteiger partial charge on any atom is -0.482 e. The molecule has 0 spiro atoms. The lowest BCUT2D eigenvalue weighted by atomic mass is 10.1. The average molecular weight is 312 g/mol. The van der Waals surface area contributed by atoms with Gasteiger partial charge in [0.15, 0.2) is 6.61 Å². The summed E-state index contributed by atoms with van der Waals surface area (Å²) in [5.74, 6) is 0.513. The summed E-state index contributed by atoms with van der Waals surface area (Å²) < 4.78 is 5.54. The number of carbonyl (C=O) groups excluding carboxylic acids is 1. The van der Waals surface area contributed by atoms with E-state index >= 15 is 0 Å². The van der Waals surface area contributed by atoms with E-state index in [1.807, 2.05) is 17.9 Å². The van der Waals surface area contributed by atoms with Gasteiger partial charge in [-0.05, 0) is 31.7 Å². The lowest BCUT2D eigenvalue weighted by Gasteiger charge is -2.32. The Morgan fingerprint density at radius 2 is 2.05 bits per heavy atom. The van der Waals surface area contributed by atoms with Crippen molar-refractivity contribution in [3.05, 3.63) is 28.8 Å². The largest absolute Gasteiger partial charge is 0.482 e. The molecular formula is C15H22ClN3O2. The molecule has 2 N–H and O–H groups in total. The van der Waals surface area contributed by atoms with Crippen molar-refractivity contribution in [3.63, 3.8) is 0 Å². The van der Waals surface area contributed by atoms with Gasteiger partial charge in [-0.15, -0.1) is 0 Å². The van der Waals surface area contributed by atoms with E-state index in [2.05, 4.69) is 11.9 Å². The van der Waals surface area contributed by atoms with Crippen molar-refractivity contribution in [1.82, 2.24) is 9.80 Å². The zero-order valence-electron chi connectivity index (χ0n) is 12.5. The van der Waals surface area contributed by atoms with Crippen molar-refractivity contribution in [2.45, 2.75) is 13.0 Å². The summed E-state index contributed by atoms with van der Waals surface area (Å²) in [5.41, 5.74) is 6.74. The zero-order valence-corrected chi connectivity index (χ0v) is 13.3. The number of carbonyl (C=O) groups is 1. The number of hydrogen-bond acceptors (Lipinski definition) is 4. The number of ether oxygens (including phenoxy) is 1. The first-order chi connectivity index (χ1) is 9.97. The van der Waals surface area contributed by atoms with E-state index in [1.54, 1.807) is 12.1 Å². The van der Waals surface area contributed by atoms with Crippen LogP contribution in [0.25, 0.3) is 0 Å². The molecule has 0 aromatic heterocycles. The van der Waals surface area contributed by atoms with E-state index in [0.29, 0.717) is 10.8 Å². The van der Waals surface area contributed by atoms with Crippen molar-refractivity contribution < 1.29 is 9.53 Å². The van der Waals surface area contributed by atoms with Crippen LogP contribution < -0.4 is 10.5 Å². The molecule has 1 amide bonds. The lowest BCUT2D eigenvalue weighted by molar-refractivity contribution is -0.134. The van der Waals surface area contributed by atoms with Gasteiger partial charge in [0.1, 0.15) is 5.75 Å². The fourth-order valence-corrected chi connectivity index (χ4v) is 2.45. The first-order valence-electron chi connectivity index (χ1n) is 7.11. The molecule has 116 valence electrons. The van der Waals surface area contributed by atoms with Crippen LogP contribution in [0.2, 0.25) is 5.02 Å². The Morgan fingerprint density at radius 1 is 1.38 bits per heavy atom. The summed E-state index contributed by atoms with van der Waals surface area (Å²) in [5, 5.41) is 0.482. The summed E-state index contributed by atoms with van der Waals surface area (Å²) in [4.78, 5) is 16.1. The highest BCUT2D eigenvalue weighted by atomic mass is 35.5. The summed E-state index contributed by atoms with van der Waals surface area (Å²) in [6.07, 6.45) is 0. The monoisotopic (exact) mass is 311 g/mol. The molecule has 1 aliphatic heterocycles. The Labute approximate surface area is 130 Å². The minimum absolute atomic E-state index is 0.00423. The Balaban J connectivity index is 1.89. The lowest BCUT2D eigenvalue weighted by Crippen LogP contribution is -2.48. The van der Waals surface area contributed by atoms with Crippen LogP contribution in [0.4, 0.5) is 0 Å². The number of piperazine rings is 1. The predicted molar refractivity (Wildman–Crippen MR) is 83.6 cm³/mol. The molecule has 5 nitrogen and oxygen atoms in total. The summed E-state index contributed by atoms with van der Waals surface area (Å²) in [6.45, 7) is 5.20. The molecule has 2 rings (SSSR count). The van der Waals surface area contributed by atoms with Crippen LogP contribution >= 0.6 is 11.6 Å². The molecule has 1 saturated heterocycles. The summed E-state index contributed by atoms with van der Waals surface area (Å²) >= 11 is 6.15. The second-order valence-electron chi connectivity index (χ2n) is 5.45. The van der Waals surface area contributed by atoms with Gasteiger partial charge in [0.25, 0.3) is 5.91 Å². The van der Waals surface area contributed by atoms with Crippen LogP contribution in [0.5, 0.6) is 5.75 Å². The molecule has 0 unspecified atom stereocenters. The molecule has 0 bridgehead atoms.